The molecule has 9 heteroatoms. The van der Waals surface area contributed by atoms with Crippen LogP contribution >= 0.6 is 0 Å². The molecule has 33 heavy (non-hydrogen) atoms. The Hall–Kier alpha value is -3.88. The molecule has 0 aliphatic carbocycles. The number of rotatable bonds is 8. The third-order valence-corrected chi connectivity index (χ3v) is 4.77. The summed E-state index contributed by atoms with van der Waals surface area (Å²) in [5.41, 5.74) is -0.423. The van der Waals surface area contributed by atoms with Crippen molar-refractivity contribution in [2.45, 2.75) is 25.9 Å². The summed E-state index contributed by atoms with van der Waals surface area (Å²) in [6.07, 6.45) is 0.0385. The number of aromatic nitrogens is 2. The number of hydrogen-bond acceptors (Lipinski definition) is 3. The van der Waals surface area contributed by atoms with Crippen molar-refractivity contribution in [3.8, 4) is 5.88 Å². The van der Waals surface area contributed by atoms with Gasteiger partial charge in [-0.1, -0.05) is 24.3 Å². The van der Waals surface area contributed by atoms with E-state index in [4.69, 9.17) is 0 Å². The first-order chi connectivity index (χ1) is 15.5. The first-order valence-electron chi connectivity index (χ1n) is 9.78. The first-order valence-corrected chi connectivity index (χ1v) is 9.78. The van der Waals surface area contributed by atoms with Crippen molar-refractivity contribution in [2.75, 3.05) is 0 Å². The summed E-state index contributed by atoms with van der Waals surface area (Å²) in [6.45, 7) is 7.08. The summed E-state index contributed by atoms with van der Waals surface area (Å²) in [5, 5.41) is 10.1. The summed E-state index contributed by atoms with van der Waals surface area (Å²) in [7, 11) is 0. The highest BCUT2D eigenvalue weighted by Gasteiger charge is 2.14. The maximum atomic E-state index is 13.4. The molecule has 0 unspecified atom stereocenters. The Labute approximate surface area is 186 Å². The van der Waals surface area contributed by atoms with Gasteiger partial charge in [0.25, 0.3) is 5.56 Å². The number of benzene rings is 2. The molecule has 3 aromatic rings. The van der Waals surface area contributed by atoms with E-state index in [1.54, 1.807) is 0 Å². The van der Waals surface area contributed by atoms with Crippen molar-refractivity contribution in [3.63, 3.8) is 0 Å². The lowest BCUT2D eigenvalue weighted by atomic mass is 10.1. The van der Waals surface area contributed by atoms with Gasteiger partial charge in [0.15, 0.2) is 0 Å². The predicted octanol–water partition coefficient (Wildman–Crippen LogP) is 3.87. The molecule has 1 heterocycles. The molecule has 0 radical (unpaired) electrons. The Balaban J connectivity index is 1.80. The van der Waals surface area contributed by atoms with Crippen LogP contribution in [0.1, 0.15) is 11.1 Å². The SMILES string of the molecule is C=C(Cc1cc(F)cc(F)c1)Cn1c(O)cc(=O)n(CC(=C)Cc2cc(F)cc(F)c2)c1=O. The second-order valence-electron chi connectivity index (χ2n) is 7.70. The first kappa shape index (κ1) is 23.8. The van der Waals surface area contributed by atoms with Crippen molar-refractivity contribution >= 4 is 0 Å². The van der Waals surface area contributed by atoms with Crippen LogP contribution < -0.4 is 11.2 Å². The molecule has 5 nitrogen and oxygen atoms in total. The maximum Gasteiger partial charge on any atom is 0.334 e. The number of halogens is 4. The van der Waals surface area contributed by atoms with E-state index in [0.717, 1.165) is 51.6 Å². The lowest BCUT2D eigenvalue weighted by molar-refractivity contribution is 0.398. The number of aromatic hydroxyl groups is 1. The van der Waals surface area contributed by atoms with Crippen molar-refractivity contribution < 1.29 is 22.7 Å². The average Bonchev–Trinajstić information content (AvgIpc) is 2.66. The highest BCUT2D eigenvalue weighted by atomic mass is 19.1. The van der Waals surface area contributed by atoms with E-state index in [1.807, 2.05) is 0 Å². The molecule has 0 aliphatic heterocycles. The average molecular weight is 460 g/mol. The summed E-state index contributed by atoms with van der Waals surface area (Å²) in [6, 6.07) is 6.76. The van der Waals surface area contributed by atoms with E-state index >= 15 is 0 Å². The Morgan fingerprint density at radius 1 is 0.697 bits per heavy atom. The van der Waals surface area contributed by atoms with Crippen LogP contribution in [-0.4, -0.2) is 14.2 Å². The van der Waals surface area contributed by atoms with E-state index in [1.165, 1.54) is 0 Å². The molecule has 1 N–H and O–H groups in total. The molecule has 172 valence electrons. The van der Waals surface area contributed by atoms with Gasteiger partial charge in [-0.05, 0) is 48.2 Å². The molecule has 0 amide bonds. The second-order valence-corrected chi connectivity index (χ2v) is 7.70. The van der Waals surface area contributed by atoms with Crippen LogP contribution in [0.2, 0.25) is 0 Å². The molecule has 0 bridgehead atoms. The fraction of sp³-hybridized carbons (Fsp3) is 0.167. The number of allylic oxidation sites excluding steroid dienone is 2. The Kier molecular flexibility index (Phi) is 7.01. The fourth-order valence-corrected chi connectivity index (χ4v) is 3.46. The summed E-state index contributed by atoms with van der Waals surface area (Å²) < 4.78 is 55.3. The summed E-state index contributed by atoms with van der Waals surface area (Å²) in [4.78, 5) is 25.1. The molecule has 0 atom stereocenters. The van der Waals surface area contributed by atoms with Crippen LogP contribution in [0, 0.1) is 23.3 Å². The fourth-order valence-electron chi connectivity index (χ4n) is 3.46. The number of hydrogen-bond donors (Lipinski definition) is 1. The topological polar surface area (TPSA) is 64.2 Å². The Bertz CT molecular complexity index is 1320. The summed E-state index contributed by atoms with van der Waals surface area (Å²) in [5.74, 6) is -3.66. The molecule has 0 fully saturated rings. The highest BCUT2D eigenvalue weighted by Crippen LogP contribution is 2.15. The van der Waals surface area contributed by atoms with Crippen molar-refractivity contribution in [3.05, 3.63) is 122 Å². The molecule has 0 saturated heterocycles. The minimum atomic E-state index is -0.863. The minimum absolute atomic E-state index is 0.0132. The number of nitrogens with zero attached hydrogens (tertiary/aromatic N) is 2. The standard InChI is InChI=1S/C24H20F4N2O3/c1-14(3-16-5-18(25)9-19(26)6-16)12-29-22(31)11-23(32)30(24(29)33)13-15(2)4-17-7-20(27)10-21(28)8-17/h5-11,31H,1-4,12-13H2. The zero-order valence-electron chi connectivity index (χ0n) is 17.5. The van der Waals surface area contributed by atoms with Crippen molar-refractivity contribution in [2.24, 2.45) is 0 Å². The Morgan fingerprint density at radius 2 is 1.09 bits per heavy atom. The molecule has 1 aromatic heterocycles. The van der Waals surface area contributed by atoms with Crippen LogP contribution in [0.15, 0.2) is 76.4 Å². The van der Waals surface area contributed by atoms with E-state index in [9.17, 15) is 32.3 Å². The van der Waals surface area contributed by atoms with Gasteiger partial charge in [-0.25, -0.2) is 22.4 Å². The van der Waals surface area contributed by atoms with E-state index < -0.39 is 40.4 Å². The summed E-state index contributed by atoms with van der Waals surface area (Å²) >= 11 is 0. The molecule has 3 rings (SSSR count). The molecule has 0 aliphatic rings. The van der Waals surface area contributed by atoms with Crippen LogP contribution in [0.5, 0.6) is 5.88 Å². The van der Waals surface area contributed by atoms with Gasteiger partial charge in [0.05, 0.1) is 19.2 Å². The normalized spacial score (nSPS) is 10.9. The highest BCUT2D eigenvalue weighted by molar-refractivity contribution is 5.24. The van der Waals surface area contributed by atoms with Gasteiger partial charge in [-0.2, -0.15) is 0 Å². The third-order valence-electron chi connectivity index (χ3n) is 4.77. The van der Waals surface area contributed by atoms with Crippen LogP contribution in [0.4, 0.5) is 17.6 Å². The minimum Gasteiger partial charge on any atom is -0.494 e. The zero-order valence-corrected chi connectivity index (χ0v) is 17.5. The van der Waals surface area contributed by atoms with E-state index in [0.29, 0.717) is 11.1 Å². The van der Waals surface area contributed by atoms with Gasteiger partial charge < -0.3 is 5.11 Å². The predicted molar refractivity (Wildman–Crippen MR) is 115 cm³/mol. The molecule has 2 aromatic carbocycles. The van der Waals surface area contributed by atoms with Gasteiger partial charge in [0.1, 0.15) is 23.3 Å². The molecular weight excluding hydrogens is 440 g/mol. The third kappa shape index (κ3) is 6.09. The van der Waals surface area contributed by atoms with E-state index in [2.05, 4.69) is 13.2 Å². The monoisotopic (exact) mass is 460 g/mol. The zero-order chi connectivity index (χ0) is 24.3. The van der Waals surface area contributed by atoms with E-state index in [-0.39, 0.29) is 37.1 Å². The lowest BCUT2D eigenvalue weighted by Gasteiger charge is -2.14. The Morgan fingerprint density at radius 3 is 1.52 bits per heavy atom. The van der Waals surface area contributed by atoms with Crippen LogP contribution in [0.25, 0.3) is 0 Å². The van der Waals surface area contributed by atoms with Gasteiger partial charge in [-0.3, -0.25) is 13.9 Å². The molecule has 0 saturated carbocycles. The smallest absolute Gasteiger partial charge is 0.334 e. The lowest BCUT2D eigenvalue weighted by Crippen LogP contribution is -2.40. The van der Waals surface area contributed by atoms with Crippen molar-refractivity contribution in [1.29, 1.82) is 0 Å². The van der Waals surface area contributed by atoms with Gasteiger partial charge in [0, 0.05) is 12.1 Å². The van der Waals surface area contributed by atoms with Crippen LogP contribution in [-0.2, 0) is 25.9 Å². The molecule has 0 spiro atoms. The maximum absolute atomic E-state index is 13.4. The quantitative estimate of drug-likeness (QED) is 0.410. The van der Waals surface area contributed by atoms with Gasteiger partial charge in [-0.15, -0.1) is 0 Å². The largest absolute Gasteiger partial charge is 0.494 e. The van der Waals surface area contributed by atoms with Crippen LogP contribution in [0.3, 0.4) is 0 Å². The van der Waals surface area contributed by atoms with Gasteiger partial charge >= 0.3 is 5.69 Å². The second kappa shape index (κ2) is 9.72. The van der Waals surface area contributed by atoms with Gasteiger partial charge in [0.2, 0.25) is 5.88 Å². The molecular formula is C24H20F4N2O3. The van der Waals surface area contributed by atoms with Crippen molar-refractivity contribution in [1.82, 2.24) is 9.13 Å².